The van der Waals surface area contributed by atoms with E-state index in [1.165, 1.54) is 23.0 Å². The van der Waals surface area contributed by atoms with Crippen molar-refractivity contribution in [2.24, 2.45) is 4.99 Å². The number of phenolic OH excluding ortho intramolecular Hbond substituents is 1. The first-order valence-corrected chi connectivity index (χ1v) is 7.80. The highest BCUT2D eigenvalue weighted by Gasteiger charge is 2.12. The van der Waals surface area contributed by atoms with Crippen LogP contribution in [0.3, 0.4) is 0 Å². The Balaban J connectivity index is 0.00000126. The minimum absolute atomic E-state index is 0.136. The predicted octanol–water partition coefficient (Wildman–Crippen LogP) is 2.45. The van der Waals surface area contributed by atoms with Gasteiger partial charge in [0.2, 0.25) is 0 Å². The van der Waals surface area contributed by atoms with Crippen molar-refractivity contribution in [3.05, 3.63) is 80.3 Å². The van der Waals surface area contributed by atoms with E-state index in [4.69, 9.17) is 5.11 Å². The number of aliphatic hydroxyl groups excluding tert-OH is 1. The number of aromatic nitrogens is 2. The van der Waals surface area contributed by atoms with Gasteiger partial charge in [0.05, 0.1) is 22.2 Å². The van der Waals surface area contributed by atoms with E-state index in [9.17, 15) is 20.0 Å². The Morgan fingerprint density at radius 3 is 2.44 bits per heavy atom. The zero-order valence-corrected chi connectivity index (χ0v) is 14.7. The molecule has 3 rings (SSSR count). The smallest absolute Gasteiger partial charge is 0.280 e. The van der Waals surface area contributed by atoms with Gasteiger partial charge >= 0.3 is 0 Å². The molecule has 1 aromatic heterocycles. The molecule has 0 saturated carbocycles. The largest absolute Gasteiger partial charge is 0.505 e. The number of non-ortho nitro benzene ring substituents is 1. The van der Waals surface area contributed by atoms with Crippen molar-refractivity contribution in [1.29, 1.82) is 0 Å². The highest BCUT2D eigenvalue weighted by atomic mass is 16.6. The number of nitrogens with zero attached hydrogens (tertiary/aromatic N) is 3. The number of aryl methyl sites for hydroxylation is 1. The fourth-order valence-electron chi connectivity index (χ4n) is 2.34. The lowest BCUT2D eigenvalue weighted by molar-refractivity contribution is -0.384. The molecule has 3 aromatic rings. The third-order valence-corrected chi connectivity index (χ3v) is 3.63. The van der Waals surface area contributed by atoms with Gasteiger partial charge in [-0.05, 0) is 25.1 Å². The number of aliphatic imine (C=N–C) groups is 1. The van der Waals surface area contributed by atoms with Crippen LogP contribution in [-0.2, 0) is 0 Å². The maximum Gasteiger partial charge on any atom is 0.280 e. The number of rotatable bonds is 4. The van der Waals surface area contributed by atoms with E-state index in [0.717, 1.165) is 13.2 Å². The van der Waals surface area contributed by atoms with Crippen LogP contribution in [0, 0.1) is 17.0 Å². The molecular weight excluding hydrogens is 352 g/mol. The Kier molecular flexibility index (Phi) is 6.23. The number of hydrogen-bond donors (Lipinski definition) is 3. The highest BCUT2D eigenvalue weighted by Crippen LogP contribution is 2.30. The number of nitro benzene ring substituents is 1. The van der Waals surface area contributed by atoms with Crippen LogP contribution in [0.1, 0.15) is 11.3 Å². The summed E-state index contributed by atoms with van der Waals surface area (Å²) < 4.78 is 1.40. The summed E-state index contributed by atoms with van der Waals surface area (Å²) in [6.45, 7) is 1.73. The second-order valence-corrected chi connectivity index (χ2v) is 5.31. The summed E-state index contributed by atoms with van der Waals surface area (Å²) >= 11 is 0. The molecule has 9 nitrogen and oxygen atoms in total. The molecule has 0 unspecified atom stereocenters. The van der Waals surface area contributed by atoms with Crippen LogP contribution in [0.2, 0.25) is 0 Å². The molecule has 0 aliphatic rings. The number of aromatic amines is 1. The first-order valence-electron chi connectivity index (χ1n) is 7.80. The molecular formula is C18H18N4O5. The fourth-order valence-corrected chi connectivity index (χ4v) is 2.34. The summed E-state index contributed by atoms with van der Waals surface area (Å²) in [4.78, 5) is 26.7. The van der Waals surface area contributed by atoms with Crippen LogP contribution >= 0.6 is 0 Å². The zero-order valence-electron chi connectivity index (χ0n) is 14.7. The van der Waals surface area contributed by atoms with Crippen molar-refractivity contribution >= 4 is 17.6 Å². The molecule has 1 heterocycles. The van der Waals surface area contributed by atoms with Gasteiger partial charge < -0.3 is 10.2 Å². The Hall–Kier alpha value is -3.72. The summed E-state index contributed by atoms with van der Waals surface area (Å²) in [5.41, 5.74) is 1.25. The van der Waals surface area contributed by atoms with Crippen LogP contribution in [0.5, 0.6) is 5.75 Å². The molecule has 0 radical (unpaired) electrons. The van der Waals surface area contributed by atoms with Crippen molar-refractivity contribution < 1.29 is 15.1 Å². The van der Waals surface area contributed by atoms with Crippen LogP contribution in [0.4, 0.5) is 11.4 Å². The molecule has 0 atom stereocenters. The maximum atomic E-state index is 12.5. The lowest BCUT2D eigenvalue weighted by Gasteiger charge is -1.99. The summed E-state index contributed by atoms with van der Waals surface area (Å²) in [5, 5.41) is 30.5. The van der Waals surface area contributed by atoms with E-state index in [-0.39, 0.29) is 22.7 Å². The Labute approximate surface area is 154 Å². The number of nitrogens with one attached hydrogen (secondary N) is 1. The molecule has 0 saturated heterocycles. The summed E-state index contributed by atoms with van der Waals surface area (Å²) in [6.07, 6.45) is 1.33. The normalized spacial score (nSPS) is 10.5. The van der Waals surface area contributed by atoms with Crippen LogP contribution < -0.4 is 5.56 Å². The quantitative estimate of drug-likeness (QED) is 0.368. The van der Waals surface area contributed by atoms with Crippen molar-refractivity contribution in [3.8, 4) is 11.4 Å². The highest BCUT2D eigenvalue weighted by molar-refractivity contribution is 5.83. The van der Waals surface area contributed by atoms with Crippen LogP contribution in [0.15, 0.2) is 58.3 Å². The predicted molar refractivity (Wildman–Crippen MR) is 101 cm³/mol. The second kappa shape index (κ2) is 8.59. The minimum Gasteiger partial charge on any atom is -0.505 e. The van der Waals surface area contributed by atoms with Gasteiger partial charge in [0.15, 0.2) is 0 Å². The average Bonchev–Trinajstić information content (AvgIpc) is 2.97. The molecule has 9 heteroatoms. The van der Waals surface area contributed by atoms with E-state index in [0.29, 0.717) is 16.9 Å². The van der Waals surface area contributed by atoms with Crippen LogP contribution in [-0.4, -0.2) is 38.2 Å². The van der Waals surface area contributed by atoms with Gasteiger partial charge in [0.25, 0.3) is 11.2 Å². The van der Waals surface area contributed by atoms with E-state index < -0.39 is 4.92 Å². The van der Waals surface area contributed by atoms with E-state index in [2.05, 4.69) is 10.1 Å². The van der Waals surface area contributed by atoms with Gasteiger partial charge in [0, 0.05) is 25.1 Å². The number of aliphatic hydroxyl groups is 1. The number of hydrogen-bond acceptors (Lipinski definition) is 6. The van der Waals surface area contributed by atoms with Gasteiger partial charge in [-0.15, -0.1) is 0 Å². The number of H-pyrrole nitrogens is 1. The van der Waals surface area contributed by atoms with E-state index in [1.54, 1.807) is 19.1 Å². The maximum absolute atomic E-state index is 12.5. The number of para-hydroxylation sites is 1. The van der Waals surface area contributed by atoms with E-state index >= 15 is 0 Å². The lowest BCUT2D eigenvalue weighted by atomic mass is 10.2. The second-order valence-electron chi connectivity index (χ2n) is 5.31. The number of nitro groups is 1. The number of aromatic hydroxyl groups is 1. The Bertz CT molecular complexity index is 1020. The van der Waals surface area contributed by atoms with Crippen molar-refractivity contribution in [3.63, 3.8) is 0 Å². The van der Waals surface area contributed by atoms with Crippen LogP contribution in [0.25, 0.3) is 5.69 Å². The fraction of sp³-hybridized carbons (Fsp3) is 0.111. The standard InChI is InChI=1S/C17H14N4O4.CH4O/c1-11-14(17(23)20(19-11)12-5-3-2-4-6-12)10-18-15-8-7-13(21(24)25)9-16(15)22;1-2/h2-10,19,22H,1H3;2H,1H3. The lowest BCUT2D eigenvalue weighted by Crippen LogP contribution is -2.17. The first kappa shape index (κ1) is 19.6. The molecule has 0 aliphatic carbocycles. The zero-order chi connectivity index (χ0) is 20.0. The minimum atomic E-state index is -0.609. The molecule has 27 heavy (non-hydrogen) atoms. The Morgan fingerprint density at radius 2 is 1.85 bits per heavy atom. The topological polar surface area (TPSA) is 134 Å². The molecule has 0 amide bonds. The molecule has 0 fully saturated rings. The summed E-state index contributed by atoms with van der Waals surface area (Å²) in [5.74, 6) is -0.331. The molecule has 0 aliphatic heterocycles. The van der Waals surface area contributed by atoms with Gasteiger partial charge in [-0.3, -0.25) is 25.0 Å². The molecule has 140 valence electrons. The molecule has 3 N–H and O–H groups in total. The Morgan fingerprint density at radius 1 is 1.19 bits per heavy atom. The first-order chi connectivity index (χ1) is 13.0. The van der Waals surface area contributed by atoms with Gasteiger partial charge in [-0.2, -0.15) is 0 Å². The average molecular weight is 370 g/mol. The third kappa shape index (κ3) is 4.28. The number of benzene rings is 2. The SMILES string of the molecule is CO.Cc1[nH]n(-c2ccccc2)c(=O)c1C=Nc1ccc([N+](=O)[O-])cc1O. The molecule has 0 spiro atoms. The summed E-state index contributed by atoms with van der Waals surface area (Å²) in [7, 11) is 1.00. The van der Waals surface area contributed by atoms with Crippen molar-refractivity contribution in [1.82, 2.24) is 9.78 Å². The van der Waals surface area contributed by atoms with Gasteiger partial charge in [-0.25, -0.2) is 4.68 Å². The third-order valence-electron chi connectivity index (χ3n) is 3.63. The van der Waals surface area contributed by atoms with Gasteiger partial charge in [0.1, 0.15) is 11.4 Å². The van der Waals surface area contributed by atoms with E-state index in [1.807, 2.05) is 18.2 Å². The van der Waals surface area contributed by atoms with Gasteiger partial charge in [-0.1, -0.05) is 18.2 Å². The summed E-state index contributed by atoms with van der Waals surface area (Å²) in [6, 6.07) is 12.6. The molecule has 0 bridgehead atoms. The monoisotopic (exact) mass is 370 g/mol. The van der Waals surface area contributed by atoms with Crippen molar-refractivity contribution in [2.75, 3.05) is 7.11 Å². The molecule has 2 aromatic carbocycles. The number of phenols is 1. The van der Waals surface area contributed by atoms with Crippen molar-refractivity contribution in [2.45, 2.75) is 6.92 Å².